The van der Waals surface area contributed by atoms with E-state index in [-0.39, 0.29) is 11.4 Å². The summed E-state index contributed by atoms with van der Waals surface area (Å²) in [6.07, 6.45) is 11.0. The molecule has 0 saturated heterocycles. The maximum atomic E-state index is 13.9. The number of aldehydes is 1. The third-order valence-corrected chi connectivity index (χ3v) is 7.33. The zero-order valence-electron chi connectivity index (χ0n) is 25.4. The van der Waals surface area contributed by atoms with Gasteiger partial charge in [0.2, 0.25) is 0 Å². The number of halogens is 1. The van der Waals surface area contributed by atoms with Gasteiger partial charge < -0.3 is 5.32 Å². The third kappa shape index (κ3) is 11.1. The molecule has 1 aliphatic carbocycles. The van der Waals surface area contributed by atoms with E-state index in [9.17, 15) is 9.18 Å². The molecule has 0 fully saturated rings. The highest BCUT2D eigenvalue weighted by molar-refractivity contribution is 7.77. The van der Waals surface area contributed by atoms with Crippen LogP contribution in [-0.2, 0) is 6.42 Å². The van der Waals surface area contributed by atoms with Crippen molar-refractivity contribution in [3.05, 3.63) is 87.8 Å². The summed E-state index contributed by atoms with van der Waals surface area (Å²) < 4.78 is 13.9. The second kappa shape index (κ2) is 17.5. The summed E-state index contributed by atoms with van der Waals surface area (Å²) in [5, 5.41) is 7.91. The lowest BCUT2D eigenvalue weighted by Crippen LogP contribution is -2.43. The lowest BCUT2D eigenvalue weighted by molar-refractivity contribution is 0.112. The van der Waals surface area contributed by atoms with Crippen molar-refractivity contribution in [1.29, 1.82) is 0 Å². The number of allylic oxidation sites excluding steroid dienone is 4. The van der Waals surface area contributed by atoms with Crippen molar-refractivity contribution in [3.8, 4) is 0 Å². The molecule has 0 saturated carbocycles. The first-order chi connectivity index (χ1) is 18.6. The standard InChI is InChI=1S/C32H42FNO.C2H6.H3NS/c1-22(20-34-32(5,6)19-26-14-13-24(3)31(33)18-26)11-12-23(2)29-9-7-8-10-30(29)27-15-16-28(21-35)25(4)17-27;2*1-2/h9-10,13-18,21-23,34H,7-8,11-12,19-20H2,1-6H3;1-2H3;2H,1H2. The maximum Gasteiger partial charge on any atom is 0.150 e. The number of hydrogen-bond acceptors (Lipinski definition) is 4. The van der Waals surface area contributed by atoms with E-state index in [1.807, 2.05) is 39.0 Å². The van der Waals surface area contributed by atoms with Crippen LogP contribution in [0.3, 0.4) is 0 Å². The number of aryl methyl sites for hydroxylation is 2. The number of rotatable bonds is 11. The average Bonchev–Trinajstić information content (AvgIpc) is 2.94. The molecule has 39 heavy (non-hydrogen) atoms. The molecular weight excluding hydrogens is 503 g/mol. The molecule has 0 aliphatic heterocycles. The van der Waals surface area contributed by atoms with Crippen LogP contribution >= 0.6 is 12.8 Å². The molecule has 0 bridgehead atoms. The molecule has 0 amide bonds. The average molecular weight is 555 g/mol. The van der Waals surface area contributed by atoms with E-state index in [1.54, 1.807) is 13.0 Å². The van der Waals surface area contributed by atoms with E-state index in [2.05, 4.69) is 75.3 Å². The van der Waals surface area contributed by atoms with Crippen LogP contribution in [0.2, 0.25) is 0 Å². The highest BCUT2D eigenvalue weighted by atomic mass is 32.1. The second-order valence-corrected chi connectivity index (χ2v) is 11.2. The first kappa shape index (κ1) is 34.8. The Hall–Kier alpha value is -2.21. The van der Waals surface area contributed by atoms with Crippen molar-refractivity contribution in [3.63, 3.8) is 0 Å². The number of nitrogens with two attached hydrogens (primary N) is 1. The molecule has 0 aromatic heterocycles. The van der Waals surface area contributed by atoms with Crippen molar-refractivity contribution < 1.29 is 9.18 Å². The third-order valence-electron chi connectivity index (χ3n) is 7.33. The van der Waals surface area contributed by atoms with Crippen LogP contribution in [0.5, 0.6) is 0 Å². The molecule has 2 aromatic carbocycles. The van der Waals surface area contributed by atoms with Gasteiger partial charge in [-0.25, -0.2) is 4.39 Å². The van der Waals surface area contributed by atoms with Crippen LogP contribution in [0, 0.1) is 31.5 Å². The SMILES string of the molecule is CC.Cc1ccc(CC(C)(C)NCC(C)CCC(C)C2=CCCC=C2c2ccc(C=O)c(C)c2)cc1F.NS. The zero-order valence-corrected chi connectivity index (χ0v) is 26.3. The van der Waals surface area contributed by atoms with Gasteiger partial charge in [0.1, 0.15) is 12.1 Å². The first-order valence-corrected chi connectivity index (χ1v) is 14.8. The van der Waals surface area contributed by atoms with E-state index >= 15 is 0 Å². The van der Waals surface area contributed by atoms with Gasteiger partial charge in [0, 0.05) is 11.1 Å². The quantitative estimate of drug-likeness (QED) is 0.192. The summed E-state index contributed by atoms with van der Waals surface area (Å²) in [6, 6.07) is 11.7. The predicted octanol–water partition coefficient (Wildman–Crippen LogP) is 8.84. The van der Waals surface area contributed by atoms with Crippen LogP contribution < -0.4 is 10.5 Å². The zero-order chi connectivity index (χ0) is 29.6. The smallest absolute Gasteiger partial charge is 0.150 e. The van der Waals surface area contributed by atoms with Gasteiger partial charge in [-0.15, -0.1) is 12.8 Å². The normalized spacial score (nSPS) is 14.5. The number of carbonyl (C=O) groups is 1. The number of benzene rings is 2. The Morgan fingerprint density at radius 1 is 1.00 bits per heavy atom. The van der Waals surface area contributed by atoms with E-state index < -0.39 is 0 Å². The summed E-state index contributed by atoms with van der Waals surface area (Å²) in [4.78, 5) is 11.2. The minimum atomic E-state index is -0.124. The fraction of sp³-hybridized carbons (Fsp3) is 0.500. The molecule has 0 spiro atoms. The summed E-state index contributed by atoms with van der Waals surface area (Å²) in [6.45, 7) is 17.8. The Labute approximate surface area is 243 Å². The monoisotopic (exact) mass is 554 g/mol. The molecule has 3 N–H and O–H groups in total. The molecule has 2 aromatic rings. The topological polar surface area (TPSA) is 55.1 Å². The van der Waals surface area contributed by atoms with E-state index in [1.165, 1.54) is 16.7 Å². The largest absolute Gasteiger partial charge is 0.311 e. The van der Waals surface area contributed by atoms with Crippen molar-refractivity contribution >= 4 is 24.7 Å². The van der Waals surface area contributed by atoms with Crippen molar-refractivity contribution in [2.24, 2.45) is 17.0 Å². The van der Waals surface area contributed by atoms with Crippen LogP contribution in [-0.4, -0.2) is 18.4 Å². The van der Waals surface area contributed by atoms with Gasteiger partial charge in [-0.2, -0.15) is 0 Å². The van der Waals surface area contributed by atoms with Gasteiger partial charge in [-0.3, -0.25) is 9.93 Å². The van der Waals surface area contributed by atoms with Gasteiger partial charge in [-0.05, 0) is 118 Å². The van der Waals surface area contributed by atoms with Crippen molar-refractivity contribution in [1.82, 2.24) is 5.32 Å². The van der Waals surface area contributed by atoms with Gasteiger partial charge in [0.05, 0.1) is 0 Å². The summed E-state index contributed by atoms with van der Waals surface area (Å²) >= 11 is 3.03. The molecule has 2 unspecified atom stereocenters. The maximum absolute atomic E-state index is 13.9. The molecule has 1 aliphatic rings. The molecular formula is C34H51FN2OS. The Kier molecular flexibility index (Phi) is 15.6. The number of thiol groups is 1. The predicted molar refractivity (Wildman–Crippen MR) is 171 cm³/mol. The number of hydrogen-bond donors (Lipinski definition) is 3. The summed E-state index contributed by atoms with van der Waals surface area (Å²) in [7, 11) is 0. The molecule has 0 heterocycles. The lowest BCUT2D eigenvalue weighted by atomic mass is 9.81. The highest BCUT2D eigenvalue weighted by Gasteiger charge is 2.21. The fourth-order valence-corrected chi connectivity index (χ4v) is 4.98. The highest BCUT2D eigenvalue weighted by Crippen LogP contribution is 2.36. The van der Waals surface area contributed by atoms with Gasteiger partial charge in [-0.1, -0.05) is 70.2 Å². The first-order valence-electron chi connectivity index (χ1n) is 14.3. The van der Waals surface area contributed by atoms with Gasteiger partial charge in [0.15, 0.2) is 0 Å². The molecule has 2 atom stereocenters. The molecule has 5 heteroatoms. The molecule has 3 rings (SSSR count). The van der Waals surface area contributed by atoms with E-state index in [4.69, 9.17) is 0 Å². The van der Waals surface area contributed by atoms with E-state index in [0.29, 0.717) is 17.4 Å². The second-order valence-electron chi connectivity index (χ2n) is 11.2. The van der Waals surface area contributed by atoms with Gasteiger partial charge in [0.25, 0.3) is 0 Å². The Balaban J connectivity index is 0.00000181. The molecule has 3 nitrogen and oxygen atoms in total. The van der Waals surface area contributed by atoms with Crippen molar-refractivity contribution in [2.45, 2.75) is 93.0 Å². The Morgan fingerprint density at radius 3 is 2.28 bits per heavy atom. The number of nitrogens with one attached hydrogen (secondary N) is 1. The Morgan fingerprint density at radius 2 is 1.67 bits per heavy atom. The summed E-state index contributed by atoms with van der Waals surface area (Å²) in [5.41, 5.74) is 7.43. The molecule has 0 radical (unpaired) electrons. The lowest BCUT2D eigenvalue weighted by Gasteiger charge is -2.29. The number of carbonyl (C=O) groups excluding carboxylic acids is 1. The van der Waals surface area contributed by atoms with Gasteiger partial charge >= 0.3 is 0 Å². The van der Waals surface area contributed by atoms with E-state index in [0.717, 1.165) is 61.6 Å². The van der Waals surface area contributed by atoms with Crippen LogP contribution in [0.15, 0.2) is 54.1 Å². The Bertz CT molecular complexity index is 1110. The van der Waals surface area contributed by atoms with Crippen LogP contribution in [0.4, 0.5) is 4.39 Å². The summed E-state index contributed by atoms with van der Waals surface area (Å²) in [5.74, 6) is 0.914. The minimum absolute atomic E-state index is 0.0884. The molecule has 216 valence electrons. The van der Waals surface area contributed by atoms with Crippen molar-refractivity contribution in [2.75, 3.05) is 6.54 Å². The van der Waals surface area contributed by atoms with Crippen LogP contribution in [0.1, 0.15) is 99.8 Å². The minimum Gasteiger partial charge on any atom is -0.311 e. The van der Waals surface area contributed by atoms with Crippen LogP contribution in [0.25, 0.3) is 5.57 Å². The fourth-order valence-electron chi connectivity index (χ4n) is 4.98.